The number of nitrogens with one attached hydrogen (secondary N) is 2. The van der Waals surface area contributed by atoms with Crippen LogP contribution in [0.4, 0.5) is 5.82 Å². The van der Waals surface area contributed by atoms with Crippen molar-refractivity contribution in [1.29, 1.82) is 0 Å². The van der Waals surface area contributed by atoms with Gasteiger partial charge in [0.05, 0.1) is 10.4 Å². The molecular weight excluding hydrogens is 350 g/mol. The first-order chi connectivity index (χ1) is 12.7. The Morgan fingerprint density at radius 3 is 2.77 bits per heavy atom. The number of aromatic nitrogens is 1. The summed E-state index contributed by atoms with van der Waals surface area (Å²) in [4.78, 5) is 17.3. The summed E-state index contributed by atoms with van der Waals surface area (Å²) in [7, 11) is 0. The third-order valence-electron chi connectivity index (χ3n) is 4.12. The number of aryl methyl sites for hydroxylation is 1. The standard InChI is InChI=1S/C19H19N3O3S/c1-12-9-13-10-15-16(25-7-6-24-15)11-14(13)22-18(12)20-4-5-21-19(23)17-3-2-8-26-17/h2-3,8-11H,4-7H2,1H3,(H,20,22)(H,21,23). The zero-order valence-electron chi connectivity index (χ0n) is 14.4. The Labute approximate surface area is 155 Å². The Balaban J connectivity index is 1.43. The summed E-state index contributed by atoms with van der Waals surface area (Å²) in [6.07, 6.45) is 0. The van der Waals surface area contributed by atoms with Gasteiger partial charge in [-0.1, -0.05) is 6.07 Å². The molecule has 0 saturated carbocycles. The van der Waals surface area contributed by atoms with Crippen LogP contribution in [0.1, 0.15) is 15.2 Å². The van der Waals surface area contributed by atoms with Crippen molar-refractivity contribution < 1.29 is 14.3 Å². The lowest BCUT2D eigenvalue weighted by Gasteiger charge is -2.19. The maximum atomic E-state index is 11.9. The molecule has 2 aromatic heterocycles. The number of carbonyl (C=O) groups excluding carboxylic acids is 1. The lowest BCUT2D eigenvalue weighted by molar-refractivity contribution is 0.0959. The number of benzene rings is 1. The molecule has 1 aliphatic rings. The van der Waals surface area contributed by atoms with Crippen molar-refractivity contribution in [3.05, 3.63) is 46.2 Å². The molecule has 7 heteroatoms. The zero-order chi connectivity index (χ0) is 17.9. The van der Waals surface area contributed by atoms with Gasteiger partial charge in [-0.3, -0.25) is 4.79 Å². The van der Waals surface area contributed by atoms with Gasteiger partial charge in [0.2, 0.25) is 0 Å². The highest BCUT2D eigenvalue weighted by molar-refractivity contribution is 7.12. The summed E-state index contributed by atoms with van der Waals surface area (Å²) in [5.41, 5.74) is 1.89. The molecule has 1 amide bonds. The molecule has 0 fully saturated rings. The third-order valence-corrected chi connectivity index (χ3v) is 4.99. The number of carbonyl (C=O) groups is 1. The minimum atomic E-state index is -0.0474. The van der Waals surface area contributed by atoms with Gasteiger partial charge >= 0.3 is 0 Å². The van der Waals surface area contributed by atoms with Gasteiger partial charge in [-0.2, -0.15) is 0 Å². The van der Waals surface area contributed by atoms with Gasteiger partial charge in [0.15, 0.2) is 11.5 Å². The van der Waals surface area contributed by atoms with E-state index in [2.05, 4.69) is 16.7 Å². The minimum absolute atomic E-state index is 0.0474. The number of hydrogen-bond donors (Lipinski definition) is 2. The number of anilines is 1. The molecule has 0 bridgehead atoms. The van der Waals surface area contributed by atoms with E-state index in [0.717, 1.165) is 38.7 Å². The van der Waals surface area contributed by atoms with E-state index in [1.54, 1.807) is 0 Å². The molecule has 0 unspecified atom stereocenters. The molecule has 1 aliphatic heterocycles. The average molecular weight is 369 g/mol. The van der Waals surface area contributed by atoms with Crippen molar-refractivity contribution in [3.8, 4) is 11.5 Å². The molecule has 0 spiro atoms. The van der Waals surface area contributed by atoms with Crippen LogP contribution in [0.3, 0.4) is 0 Å². The first-order valence-corrected chi connectivity index (χ1v) is 9.35. The van der Waals surface area contributed by atoms with Crippen LogP contribution in [-0.2, 0) is 0 Å². The minimum Gasteiger partial charge on any atom is -0.486 e. The largest absolute Gasteiger partial charge is 0.486 e. The van der Waals surface area contributed by atoms with Crippen molar-refractivity contribution in [2.45, 2.75) is 6.92 Å². The number of rotatable bonds is 5. The van der Waals surface area contributed by atoms with Gasteiger partial charge in [0.1, 0.15) is 19.0 Å². The zero-order valence-corrected chi connectivity index (χ0v) is 15.2. The molecular formula is C19H19N3O3S. The Kier molecular flexibility index (Phi) is 4.62. The van der Waals surface area contributed by atoms with Crippen LogP contribution in [0.2, 0.25) is 0 Å². The first kappa shape index (κ1) is 16.7. The van der Waals surface area contributed by atoms with E-state index in [9.17, 15) is 4.79 Å². The van der Waals surface area contributed by atoms with Crippen molar-refractivity contribution in [1.82, 2.24) is 10.3 Å². The van der Waals surface area contributed by atoms with Crippen LogP contribution < -0.4 is 20.1 Å². The maximum absolute atomic E-state index is 11.9. The van der Waals surface area contributed by atoms with Gasteiger partial charge in [0.25, 0.3) is 5.91 Å². The number of nitrogens with zero attached hydrogens (tertiary/aromatic N) is 1. The smallest absolute Gasteiger partial charge is 0.261 e. The predicted molar refractivity (Wildman–Crippen MR) is 103 cm³/mol. The van der Waals surface area contributed by atoms with E-state index in [-0.39, 0.29) is 5.91 Å². The van der Waals surface area contributed by atoms with E-state index in [0.29, 0.717) is 26.3 Å². The molecule has 0 atom stereocenters. The highest BCUT2D eigenvalue weighted by Gasteiger charge is 2.14. The van der Waals surface area contributed by atoms with Crippen LogP contribution >= 0.6 is 11.3 Å². The van der Waals surface area contributed by atoms with Crippen LogP contribution in [0, 0.1) is 6.92 Å². The number of amides is 1. The molecule has 2 N–H and O–H groups in total. The molecule has 26 heavy (non-hydrogen) atoms. The fourth-order valence-corrected chi connectivity index (χ4v) is 3.49. The van der Waals surface area contributed by atoms with E-state index < -0.39 is 0 Å². The fourth-order valence-electron chi connectivity index (χ4n) is 2.85. The molecule has 1 aromatic carbocycles. The summed E-state index contributed by atoms with van der Waals surface area (Å²) in [6, 6.07) is 9.64. The quantitative estimate of drug-likeness (QED) is 0.676. The topological polar surface area (TPSA) is 72.5 Å². The average Bonchev–Trinajstić information content (AvgIpc) is 3.18. The Morgan fingerprint density at radius 1 is 1.19 bits per heavy atom. The highest BCUT2D eigenvalue weighted by Crippen LogP contribution is 2.35. The number of pyridine rings is 1. The molecule has 6 nitrogen and oxygen atoms in total. The fraction of sp³-hybridized carbons (Fsp3) is 0.263. The van der Waals surface area contributed by atoms with Crippen molar-refractivity contribution in [2.75, 3.05) is 31.6 Å². The predicted octanol–water partition coefficient (Wildman–Crippen LogP) is 3.22. The number of hydrogen-bond acceptors (Lipinski definition) is 6. The number of fused-ring (bicyclic) bond motifs is 2. The lowest BCUT2D eigenvalue weighted by atomic mass is 10.1. The van der Waals surface area contributed by atoms with E-state index in [1.807, 2.05) is 36.6 Å². The summed E-state index contributed by atoms with van der Waals surface area (Å²) in [5.74, 6) is 2.25. The van der Waals surface area contributed by atoms with Gasteiger partial charge in [-0.25, -0.2) is 4.98 Å². The normalized spacial score (nSPS) is 12.8. The van der Waals surface area contributed by atoms with Crippen LogP contribution in [0.15, 0.2) is 35.7 Å². The van der Waals surface area contributed by atoms with Crippen molar-refractivity contribution in [2.24, 2.45) is 0 Å². The molecule has 134 valence electrons. The van der Waals surface area contributed by atoms with Crippen LogP contribution in [0.5, 0.6) is 11.5 Å². The van der Waals surface area contributed by atoms with E-state index >= 15 is 0 Å². The number of ether oxygens (including phenoxy) is 2. The summed E-state index contributed by atoms with van der Waals surface area (Å²) in [6.45, 7) is 4.26. The molecule has 0 radical (unpaired) electrons. The van der Waals surface area contributed by atoms with Crippen molar-refractivity contribution in [3.63, 3.8) is 0 Å². The molecule has 0 saturated heterocycles. The molecule has 0 aliphatic carbocycles. The van der Waals surface area contributed by atoms with E-state index in [1.165, 1.54) is 11.3 Å². The van der Waals surface area contributed by atoms with E-state index in [4.69, 9.17) is 14.5 Å². The summed E-state index contributed by atoms with van der Waals surface area (Å²) in [5, 5.41) is 9.10. The second-order valence-electron chi connectivity index (χ2n) is 6.00. The van der Waals surface area contributed by atoms with Crippen LogP contribution in [-0.4, -0.2) is 37.2 Å². The molecule has 3 aromatic rings. The maximum Gasteiger partial charge on any atom is 0.261 e. The molecule has 3 heterocycles. The van der Waals surface area contributed by atoms with Crippen molar-refractivity contribution >= 4 is 34.0 Å². The monoisotopic (exact) mass is 369 g/mol. The second kappa shape index (κ2) is 7.21. The Bertz CT molecular complexity index is 941. The Morgan fingerprint density at radius 2 is 2.00 bits per heavy atom. The highest BCUT2D eigenvalue weighted by atomic mass is 32.1. The van der Waals surface area contributed by atoms with Gasteiger partial charge < -0.3 is 20.1 Å². The van der Waals surface area contributed by atoms with Gasteiger partial charge in [-0.15, -0.1) is 11.3 Å². The lowest BCUT2D eigenvalue weighted by Crippen LogP contribution is -2.28. The van der Waals surface area contributed by atoms with Crippen LogP contribution in [0.25, 0.3) is 10.9 Å². The SMILES string of the molecule is Cc1cc2cc3c(cc2nc1NCCNC(=O)c1cccs1)OCCO3. The second-order valence-corrected chi connectivity index (χ2v) is 6.95. The third kappa shape index (κ3) is 3.43. The summed E-state index contributed by atoms with van der Waals surface area (Å²) < 4.78 is 11.3. The summed E-state index contributed by atoms with van der Waals surface area (Å²) >= 11 is 1.43. The van der Waals surface area contributed by atoms with Gasteiger partial charge in [-0.05, 0) is 36.1 Å². The first-order valence-electron chi connectivity index (χ1n) is 8.47. The Hall–Kier alpha value is -2.80. The number of thiophene rings is 1. The molecule has 4 rings (SSSR count). The van der Waals surface area contributed by atoms with Gasteiger partial charge in [0, 0.05) is 24.5 Å².